The molecule has 0 radical (unpaired) electrons. The minimum Gasteiger partial charge on any atom is -0.466 e. The minimum atomic E-state index is -1.58. The van der Waals surface area contributed by atoms with Crippen LogP contribution in [-0.2, 0) is 23.8 Å². The third-order valence-corrected chi connectivity index (χ3v) is 12.7. The van der Waals surface area contributed by atoms with Crippen molar-refractivity contribution < 1.29 is 49.3 Å². The SMILES string of the molecule is CCC/C=C/CC/C=C/CC/C=C/C(O)C(COC1OC(CO)C(O)C(O)C1O)NC(=O)CCCCCCCCCCCC/C=C\C=C/CCCCCOC(=O)CCCCCCC/C=C\CCCCC. The van der Waals surface area contributed by atoms with Crippen molar-refractivity contribution in [2.45, 2.75) is 269 Å². The summed E-state index contributed by atoms with van der Waals surface area (Å²) in [4.78, 5) is 25.0. The van der Waals surface area contributed by atoms with E-state index in [0.29, 0.717) is 25.9 Å². The number of unbranched alkanes of at least 4 members (excludes halogenated alkanes) is 24. The summed E-state index contributed by atoms with van der Waals surface area (Å²) in [6, 6.07) is -0.843. The van der Waals surface area contributed by atoms with Crippen molar-refractivity contribution in [1.82, 2.24) is 5.32 Å². The van der Waals surface area contributed by atoms with E-state index in [4.69, 9.17) is 14.2 Å². The Balaban J connectivity index is 2.13. The molecule has 11 heteroatoms. The number of amides is 1. The Bertz CT molecular complexity index is 1390. The van der Waals surface area contributed by atoms with Gasteiger partial charge in [0, 0.05) is 12.8 Å². The van der Waals surface area contributed by atoms with Gasteiger partial charge in [-0.2, -0.15) is 0 Å². The molecule has 1 saturated heterocycles. The van der Waals surface area contributed by atoms with E-state index in [9.17, 15) is 35.1 Å². The molecule has 11 nitrogen and oxygen atoms in total. The van der Waals surface area contributed by atoms with Gasteiger partial charge in [-0.3, -0.25) is 9.59 Å². The van der Waals surface area contributed by atoms with Crippen LogP contribution in [0.25, 0.3) is 0 Å². The zero-order valence-corrected chi connectivity index (χ0v) is 44.2. The number of carbonyl (C=O) groups excluding carboxylic acids is 2. The average molecular weight is 986 g/mol. The fourth-order valence-corrected chi connectivity index (χ4v) is 8.22. The number of nitrogens with one attached hydrogen (secondary N) is 1. The summed E-state index contributed by atoms with van der Waals surface area (Å²) in [5.74, 6) is -0.251. The van der Waals surface area contributed by atoms with Crippen molar-refractivity contribution in [2.24, 2.45) is 0 Å². The molecular weight excluding hydrogens is 883 g/mol. The Morgan fingerprint density at radius 1 is 0.529 bits per heavy atom. The van der Waals surface area contributed by atoms with E-state index in [1.165, 1.54) is 89.9 Å². The second-order valence-corrected chi connectivity index (χ2v) is 19.3. The predicted octanol–water partition coefficient (Wildman–Crippen LogP) is 12.4. The van der Waals surface area contributed by atoms with Gasteiger partial charge < -0.3 is 45.1 Å². The van der Waals surface area contributed by atoms with Crippen LogP contribution in [0.4, 0.5) is 0 Å². The molecule has 6 N–H and O–H groups in total. The van der Waals surface area contributed by atoms with Gasteiger partial charge in [-0.05, 0) is 109 Å². The smallest absolute Gasteiger partial charge is 0.305 e. The number of hydrogen-bond donors (Lipinski definition) is 6. The van der Waals surface area contributed by atoms with Gasteiger partial charge in [0.05, 0.1) is 32.0 Å². The molecule has 0 bridgehead atoms. The number of hydrogen-bond acceptors (Lipinski definition) is 10. The molecule has 0 aromatic rings. The molecule has 7 unspecified atom stereocenters. The largest absolute Gasteiger partial charge is 0.466 e. The Labute approximate surface area is 426 Å². The van der Waals surface area contributed by atoms with Gasteiger partial charge in [0.2, 0.25) is 5.91 Å². The van der Waals surface area contributed by atoms with E-state index in [1.807, 2.05) is 6.08 Å². The first-order valence-electron chi connectivity index (χ1n) is 28.2. The van der Waals surface area contributed by atoms with Gasteiger partial charge >= 0.3 is 5.97 Å². The Morgan fingerprint density at radius 3 is 1.56 bits per heavy atom. The molecule has 1 aliphatic heterocycles. The highest BCUT2D eigenvalue weighted by atomic mass is 16.7. The number of esters is 1. The first-order chi connectivity index (χ1) is 34.2. The summed E-state index contributed by atoms with van der Waals surface area (Å²) in [5, 5.41) is 54.2. The van der Waals surface area contributed by atoms with Crippen LogP contribution in [0.5, 0.6) is 0 Å². The van der Waals surface area contributed by atoms with E-state index >= 15 is 0 Å². The number of carbonyl (C=O) groups is 2. The molecular formula is C59H103NO10. The number of aliphatic hydroxyl groups excluding tert-OH is 5. The summed E-state index contributed by atoms with van der Waals surface area (Å²) >= 11 is 0. The van der Waals surface area contributed by atoms with Crippen LogP contribution in [-0.4, -0.2) is 100 Å². The Kier molecular flexibility index (Phi) is 45.0. The van der Waals surface area contributed by atoms with Crippen molar-refractivity contribution in [3.8, 4) is 0 Å². The highest BCUT2D eigenvalue weighted by Gasteiger charge is 2.44. The van der Waals surface area contributed by atoms with E-state index in [2.05, 4.69) is 79.9 Å². The van der Waals surface area contributed by atoms with Crippen molar-refractivity contribution in [1.29, 1.82) is 0 Å². The second kappa shape index (κ2) is 48.4. The Hall–Kier alpha value is -2.90. The van der Waals surface area contributed by atoms with Gasteiger partial charge in [0.25, 0.3) is 0 Å². The lowest BCUT2D eigenvalue weighted by molar-refractivity contribution is -0.302. The first kappa shape index (κ1) is 65.1. The maximum Gasteiger partial charge on any atom is 0.305 e. The van der Waals surface area contributed by atoms with Crippen LogP contribution >= 0.6 is 0 Å². The summed E-state index contributed by atoms with van der Waals surface area (Å²) in [6.45, 7) is 4.15. The van der Waals surface area contributed by atoms with Gasteiger partial charge in [-0.25, -0.2) is 0 Å². The number of allylic oxidation sites excluding steroid dienone is 11. The number of aliphatic hydroxyl groups is 5. The van der Waals surface area contributed by atoms with E-state index in [1.54, 1.807) is 6.08 Å². The van der Waals surface area contributed by atoms with E-state index in [0.717, 1.165) is 103 Å². The highest BCUT2D eigenvalue weighted by Crippen LogP contribution is 2.23. The topological polar surface area (TPSA) is 175 Å². The third-order valence-electron chi connectivity index (χ3n) is 12.7. The molecule has 0 aromatic heterocycles. The fraction of sp³-hybridized carbons (Fsp3) is 0.763. The van der Waals surface area contributed by atoms with Gasteiger partial charge in [0.15, 0.2) is 6.29 Å². The predicted molar refractivity (Wildman–Crippen MR) is 287 cm³/mol. The standard InChI is InChI=1S/C59H103NO10/c1-3-5-7-9-11-13-15-27-31-35-39-43-47-55(64)68-48-44-40-36-32-28-24-22-20-18-16-17-19-21-23-26-30-34-38-42-46-54(63)60-51(50-69-59-58(67)57(66)56(65)53(49-61)70-59)52(62)45-41-37-33-29-25-14-12-10-8-6-4-2/h8,10-11,13,20,22,24-25,28-29,41,45,51-53,56-59,61-62,65-67H,3-7,9,12,14-19,21,23,26-27,30-40,42-44,46-50H2,1-2H3,(H,60,63)/b10-8+,13-11-,22-20-,28-24-,29-25+,45-41+. The maximum atomic E-state index is 13.0. The molecule has 0 saturated carbocycles. The van der Waals surface area contributed by atoms with Gasteiger partial charge in [0.1, 0.15) is 24.4 Å². The van der Waals surface area contributed by atoms with Gasteiger partial charge in [-0.15, -0.1) is 0 Å². The zero-order valence-electron chi connectivity index (χ0n) is 44.2. The molecule has 1 aliphatic rings. The molecule has 404 valence electrons. The molecule has 7 atom stereocenters. The van der Waals surface area contributed by atoms with Gasteiger partial charge in [-0.1, -0.05) is 177 Å². The van der Waals surface area contributed by atoms with Crippen LogP contribution < -0.4 is 5.32 Å². The maximum absolute atomic E-state index is 13.0. The fourth-order valence-electron chi connectivity index (χ4n) is 8.22. The molecule has 1 rings (SSSR count). The molecule has 1 fully saturated rings. The summed E-state index contributed by atoms with van der Waals surface area (Å²) in [6.07, 6.45) is 52.8. The summed E-state index contributed by atoms with van der Waals surface area (Å²) in [5.41, 5.74) is 0. The van der Waals surface area contributed by atoms with Crippen molar-refractivity contribution in [3.05, 3.63) is 72.9 Å². The number of rotatable bonds is 47. The van der Waals surface area contributed by atoms with Crippen molar-refractivity contribution >= 4 is 11.9 Å². The lowest BCUT2D eigenvalue weighted by Crippen LogP contribution is -2.60. The van der Waals surface area contributed by atoms with Crippen LogP contribution in [0, 0.1) is 0 Å². The zero-order chi connectivity index (χ0) is 51.0. The summed E-state index contributed by atoms with van der Waals surface area (Å²) in [7, 11) is 0. The molecule has 1 heterocycles. The third kappa shape index (κ3) is 37.8. The molecule has 1 amide bonds. The normalized spacial score (nSPS) is 19.8. The second-order valence-electron chi connectivity index (χ2n) is 19.3. The summed E-state index contributed by atoms with van der Waals surface area (Å²) < 4.78 is 16.6. The quantitative estimate of drug-likeness (QED) is 0.0149. The molecule has 0 aromatic carbocycles. The highest BCUT2D eigenvalue weighted by molar-refractivity contribution is 5.76. The van der Waals surface area contributed by atoms with Crippen LogP contribution in [0.1, 0.15) is 226 Å². The monoisotopic (exact) mass is 986 g/mol. The number of ether oxygens (including phenoxy) is 3. The first-order valence-corrected chi connectivity index (χ1v) is 28.2. The lowest BCUT2D eigenvalue weighted by Gasteiger charge is -2.40. The van der Waals surface area contributed by atoms with Crippen LogP contribution in [0.3, 0.4) is 0 Å². The molecule has 0 aliphatic carbocycles. The van der Waals surface area contributed by atoms with E-state index in [-0.39, 0.29) is 18.5 Å². The lowest BCUT2D eigenvalue weighted by atomic mass is 9.99. The van der Waals surface area contributed by atoms with E-state index < -0.39 is 49.5 Å². The van der Waals surface area contributed by atoms with Crippen molar-refractivity contribution in [3.63, 3.8) is 0 Å². The van der Waals surface area contributed by atoms with Crippen LogP contribution in [0.15, 0.2) is 72.9 Å². The molecule has 0 spiro atoms. The molecule has 70 heavy (non-hydrogen) atoms. The Morgan fingerprint density at radius 2 is 1.00 bits per heavy atom. The average Bonchev–Trinajstić information content (AvgIpc) is 3.36. The van der Waals surface area contributed by atoms with Crippen molar-refractivity contribution in [2.75, 3.05) is 19.8 Å². The van der Waals surface area contributed by atoms with Crippen LogP contribution in [0.2, 0.25) is 0 Å². The minimum absolute atomic E-state index is 0.0407.